The van der Waals surface area contributed by atoms with Crippen LogP contribution in [0.2, 0.25) is 0 Å². The average Bonchev–Trinajstić information content (AvgIpc) is 3.22. The molecule has 1 atom stereocenters. The summed E-state index contributed by atoms with van der Waals surface area (Å²) in [6.07, 6.45) is 10.8. The fraction of sp³-hybridized carbons (Fsp3) is 0.294. The summed E-state index contributed by atoms with van der Waals surface area (Å²) in [6.45, 7) is 2.85. The molecule has 122 valence electrons. The number of amides is 1. The molecule has 7 nitrogen and oxygen atoms in total. The van der Waals surface area contributed by atoms with Gasteiger partial charge in [0.25, 0.3) is 0 Å². The Labute approximate surface area is 139 Å². The molecule has 1 N–H and O–H groups in total. The Balaban J connectivity index is 1.56. The molecule has 0 aromatic carbocycles. The summed E-state index contributed by atoms with van der Waals surface area (Å²) in [4.78, 5) is 21.1. The summed E-state index contributed by atoms with van der Waals surface area (Å²) < 4.78 is 3.77. The first-order chi connectivity index (χ1) is 11.7. The number of aryl methyl sites for hydroxylation is 2. The van der Waals surface area contributed by atoms with Crippen molar-refractivity contribution < 1.29 is 4.79 Å². The van der Waals surface area contributed by atoms with Crippen molar-refractivity contribution in [1.82, 2.24) is 24.3 Å². The van der Waals surface area contributed by atoms with Crippen molar-refractivity contribution in [3.63, 3.8) is 0 Å². The van der Waals surface area contributed by atoms with Gasteiger partial charge in [0.1, 0.15) is 5.82 Å². The molecule has 4 heterocycles. The van der Waals surface area contributed by atoms with Crippen molar-refractivity contribution in [3.05, 3.63) is 54.5 Å². The summed E-state index contributed by atoms with van der Waals surface area (Å²) in [5.74, 6) is 1.13. The number of carbonyl (C=O) groups excluding carboxylic acids is 1. The highest BCUT2D eigenvalue weighted by atomic mass is 16.2. The average molecular weight is 322 g/mol. The number of aromatic nitrogens is 5. The van der Waals surface area contributed by atoms with E-state index in [0.29, 0.717) is 5.82 Å². The Morgan fingerprint density at radius 2 is 2.29 bits per heavy atom. The zero-order chi connectivity index (χ0) is 16.5. The van der Waals surface area contributed by atoms with Crippen molar-refractivity contribution in [2.24, 2.45) is 0 Å². The molecule has 3 aromatic rings. The van der Waals surface area contributed by atoms with E-state index < -0.39 is 0 Å². The van der Waals surface area contributed by atoms with E-state index in [1.54, 1.807) is 23.3 Å². The van der Waals surface area contributed by atoms with Gasteiger partial charge in [0.2, 0.25) is 5.91 Å². The van der Waals surface area contributed by atoms with Crippen LogP contribution in [-0.4, -0.2) is 30.2 Å². The number of fused-ring (bicyclic) bond motifs is 1. The van der Waals surface area contributed by atoms with Gasteiger partial charge in [0, 0.05) is 36.9 Å². The maximum atomic E-state index is 12.7. The second-order valence-corrected chi connectivity index (χ2v) is 5.98. The van der Waals surface area contributed by atoms with Crippen LogP contribution in [0.1, 0.15) is 30.1 Å². The lowest BCUT2D eigenvalue weighted by Gasteiger charge is -2.22. The standard InChI is InChI=1S/C17H18N6O/c1-12-11-23(13-4-2-6-18-10-13)21-15(12)20-17(24)14-5-3-8-22-9-7-19-16(14)22/h2,4,6-7,9-11,14H,3,5,8H2,1H3,(H,20,21,24). The number of hydrogen-bond donors (Lipinski definition) is 1. The van der Waals surface area contributed by atoms with Crippen LogP contribution in [0.15, 0.2) is 43.1 Å². The largest absolute Gasteiger partial charge is 0.334 e. The summed E-state index contributed by atoms with van der Waals surface area (Å²) in [5.41, 5.74) is 1.76. The molecule has 0 saturated carbocycles. The predicted molar refractivity (Wildman–Crippen MR) is 88.9 cm³/mol. The zero-order valence-electron chi connectivity index (χ0n) is 13.4. The van der Waals surface area contributed by atoms with Crippen LogP contribution in [0.5, 0.6) is 0 Å². The second kappa shape index (κ2) is 5.92. The fourth-order valence-corrected chi connectivity index (χ4v) is 3.07. The number of hydrogen-bond acceptors (Lipinski definition) is 4. The lowest BCUT2D eigenvalue weighted by molar-refractivity contribution is -0.118. The quantitative estimate of drug-likeness (QED) is 0.802. The summed E-state index contributed by atoms with van der Waals surface area (Å²) in [6, 6.07) is 3.77. The molecule has 3 aromatic heterocycles. The van der Waals surface area contributed by atoms with Crippen LogP contribution >= 0.6 is 0 Å². The van der Waals surface area contributed by atoms with E-state index in [2.05, 4.69) is 25.0 Å². The monoisotopic (exact) mass is 322 g/mol. The Morgan fingerprint density at radius 1 is 1.38 bits per heavy atom. The molecule has 7 heteroatoms. The molecule has 4 rings (SSSR count). The fourth-order valence-electron chi connectivity index (χ4n) is 3.07. The molecule has 0 bridgehead atoms. The smallest absolute Gasteiger partial charge is 0.236 e. The number of nitrogens with one attached hydrogen (secondary N) is 1. The van der Waals surface area contributed by atoms with Crippen LogP contribution in [-0.2, 0) is 11.3 Å². The summed E-state index contributed by atoms with van der Waals surface area (Å²) >= 11 is 0. The molecule has 0 spiro atoms. The molecular formula is C17H18N6O. The van der Waals surface area contributed by atoms with Gasteiger partial charge >= 0.3 is 0 Å². The first-order valence-electron chi connectivity index (χ1n) is 8.01. The van der Waals surface area contributed by atoms with Crippen molar-refractivity contribution >= 4 is 11.7 Å². The minimum atomic E-state index is -0.225. The third kappa shape index (κ3) is 2.58. The molecule has 0 saturated heterocycles. The number of anilines is 1. The minimum Gasteiger partial charge on any atom is -0.334 e. The van der Waals surface area contributed by atoms with Gasteiger partial charge in [0.05, 0.1) is 17.8 Å². The number of imidazole rings is 1. The Hall–Kier alpha value is -2.96. The van der Waals surface area contributed by atoms with Gasteiger partial charge in [-0.15, -0.1) is 5.10 Å². The van der Waals surface area contributed by atoms with E-state index in [-0.39, 0.29) is 11.8 Å². The maximum absolute atomic E-state index is 12.7. The SMILES string of the molecule is Cc1cn(-c2cccnc2)nc1NC(=O)C1CCCn2ccnc21. The van der Waals surface area contributed by atoms with E-state index >= 15 is 0 Å². The molecule has 1 aliphatic heterocycles. The lowest BCUT2D eigenvalue weighted by Crippen LogP contribution is -2.27. The number of pyridine rings is 1. The van der Waals surface area contributed by atoms with E-state index in [1.807, 2.05) is 31.5 Å². The number of carbonyl (C=O) groups is 1. The van der Waals surface area contributed by atoms with E-state index in [0.717, 1.165) is 36.5 Å². The molecule has 0 fully saturated rings. The highest BCUT2D eigenvalue weighted by Gasteiger charge is 2.28. The van der Waals surface area contributed by atoms with Gasteiger partial charge in [-0.3, -0.25) is 9.78 Å². The van der Waals surface area contributed by atoms with E-state index in [1.165, 1.54) is 0 Å². The van der Waals surface area contributed by atoms with Crippen molar-refractivity contribution in [3.8, 4) is 5.69 Å². The van der Waals surface area contributed by atoms with Crippen LogP contribution in [0.25, 0.3) is 5.69 Å². The third-order valence-corrected chi connectivity index (χ3v) is 4.32. The molecule has 24 heavy (non-hydrogen) atoms. The number of rotatable bonds is 3. The Morgan fingerprint density at radius 3 is 3.12 bits per heavy atom. The zero-order valence-corrected chi connectivity index (χ0v) is 13.4. The van der Waals surface area contributed by atoms with Gasteiger partial charge in [0.15, 0.2) is 5.82 Å². The molecule has 1 unspecified atom stereocenters. The van der Waals surface area contributed by atoms with Crippen molar-refractivity contribution in [2.75, 3.05) is 5.32 Å². The van der Waals surface area contributed by atoms with Crippen LogP contribution in [0.3, 0.4) is 0 Å². The summed E-state index contributed by atoms with van der Waals surface area (Å²) in [7, 11) is 0. The molecular weight excluding hydrogens is 304 g/mol. The van der Waals surface area contributed by atoms with Crippen molar-refractivity contribution in [2.45, 2.75) is 32.2 Å². The van der Waals surface area contributed by atoms with Crippen LogP contribution < -0.4 is 5.32 Å². The van der Waals surface area contributed by atoms with Crippen molar-refractivity contribution in [1.29, 1.82) is 0 Å². The van der Waals surface area contributed by atoms with Gasteiger partial charge in [-0.05, 0) is 31.9 Å². The predicted octanol–water partition coefficient (Wildman–Crippen LogP) is 2.29. The number of nitrogens with zero attached hydrogens (tertiary/aromatic N) is 5. The van der Waals surface area contributed by atoms with Gasteiger partial charge in [-0.2, -0.15) is 0 Å². The highest BCUT2D eigenvalue weighted by molar-refractivity contribution is 5.95. The van der Waals surface area contributed by atoms with Crippen LogP contribution in [0.4, 0.5) is 5.82 Å². The third-order valence-electron chi connectivity index (χ3n) is 4.32. The Kier molecular flexibility index (Phi) is 3.60. The van der Waals surface area contributed by atoms with Gasteiger partial charge in [-0.25, -0.2) is 9.67 Å². The normalized spacial score (nSPS) is 16.6. The van der Waals surface area contributed by atoms with E-state index in [9.17, 15) is 4.79 Å². The second-order valence-electron chi connectivity index (χ2n) is 5.98. The maximum Gasteiger partial charge on any atom is 0.236 e. The molecule has 0 radical (unpaired) electrons. The minimum absolute atomic E-state index is 0.0540. The van der Waals surface area contributed by atoms with Gasteiger partial charge < -0.3 is 9.88 Å². The highest BCUT2D eigenvalue weighted by Crippen LogP contribution is 2.27. The Bertz CT molecular complexity index is 866. The summed E-state index contributed by atoms with van der Waals surface area (Å²) in [5, 5.41) is 7.43. The first kappa shape index (κ1) is 14.6. The molecule has 1 aliphatic rings. The molecule has 1 amide bonds. The first-order valence-corrected chi connectivity index (χ1v) is 8.01. The van der Waals surface area contributed by atoms with E-state index in [4.69, 9.17) is 0 Å². The topological polar surface area (TPSA) is 77.6 Å². The molecule has 0 aliphatic carbocycles. The van der Waals surface area contributed by atoms with Gasteiger partial charge in [-0.1, -0.05) is 0 Å². The van der Waals surface area contributed by atoms with Crippen LogP contribution in [0, 0.1) is 6.92 Å². The lowest BCUT2D eigenvalue weighted by atomic mass is 9.98.